The first-order valence-corrected chi connectivity index (χ1v) is 8.12. The molecule has 0 atom stereocenters. The molecule has 25 heavy (non-hydrogen) atoms. The van der Waals surface area contributed by atoms with E-state index in [9.17, 15) is 26.3 Å². The highest BCUT2D eigenvalue weighted by atomic mass is 28.2. The SMILES string of the molecule is CC(C)(O[SiH3])c1ccc(-c2cc(C(F)(F)F)cc(C(F)(F)F)c2)cc1. The lowest BCUT2D eigenvalue weighted by Crippen LogP contribution is -2.19. The molecule has 0 N–H and O–H groups in total. The maximum atomic E-state index is 12.9. The van der Waals surface area contributed by atoms with Crippen molar-refractivity contribution in [2.75, 3.05) is 0 Å². The molecule has 0 saturated carbocycles. The third-order valence-corrected chi connectivity index (χ3v) is 5.03. The number of halogens is 6. The van der Waals surface area contributed by atoms with Gasteiger partial charge in [-0.3, -0.25) is 0 Å². The van der Waals surface area contributed by atoms with E-state index in [4.69, 9.17) is 4.43 Å². The molecule has 0 bridgehead atoms. The molecule has 0 saturated heterocycles. The van der Waals surface area contributed by atoms with Crippen LogP contribution in [-0.2, 0) is 22.4 Å². The molecule has 0 spiro atoms. The fourth-order valence-corrected chi connectivity index (χ4v) is 2.54. The summed E-state index contributed by atoms with van der Waals surface area (Å²) in [5.41, 5.74) is -2.30. The lowest BCUT2D eigenvalue weighted by Gasteiger charge is -2.24. The van der Waals surface area contributed by atoms with Crippen LogP contribution in [0, 0.1) is 0 Å². The topological polar surface area (TPSA) is 9.23 Å². The smallest absolute Gasteiger partial charge is 0.416 e. The summed E-state index contributed by atoms with van der Waals surface area (Å²) in [7, 11) is 0.493. The van der Waals surface area contributed by atoms with E-state index >= 15 is 0 Å². The molecule has 2 aromatic carbocycles. The van der Waals surface area contributed by atoms with Crippen molar-refractivity contribution in [1.29, 1.82) is 0 Å². The van der Waals surface area contributed by atoms with Gasteiger partial charge in [0.1, 0.15) is 10.5 Å². The lowest BCUT2D eigenvalue weighted by molar-refractivity contribution is -0.143. The van der Waals surface area contributed by atoms with Crippen molar-refractivity contribution in [3.8, 4) is 11.1 Å². The third kappa shape index (κ3) is 4.43. The van der Waals surface area contributed by atoms with Gasteiger partial charge in [-0.2, -0.15) is 26.3 Å². The number of hydrogen-bond acceptors (Lipinski definition) is 1. The Morgan fingerprint density at radius 3 is 1.48 bits per heavy atom. The monoisotopic (exact) mass is 378 g/mol. The third-order valence-electron chi connectivity index (χ3n) is 4.01. The lowest BCUT2D eigenvalue weighted by atomic mass is 9.94. The Morgan fingerprint density at radius 2 is 1.12 bits per heavy atom. The van der Waals surface area contributed by atoms with E-state index in [2.05, 4.69) is 0 Å². The van der Waals surface area contributed by atoms with Crippen molar-refractivity contribution < 1.29 is 30.8 Å². The van der Waals surface area contributed by atoms with E-state index in [0.717, 1.165) is 17.7 Å². The van der Waals surface area contributed by atoms with Crippen LogP contribution in [0.2, 0.25) is 0 Å². The van der Waals surface area contributed by atoms with Gasteiger partial charge >= 0.3 is 12.4 Å². The van der Waals surface area contributed by atoms with Gasteiger partial charge in [0.2, 0.25) is 0 Å². The normalized spacial score (nSPS) is 13.3. The van der Waals surface area contributed by atoms with Crippen molar-refractivity contribution in [1.82, 2.24) is 0 Å². The molecule has 0 heterocycles. The second-order valence-corrected chi connectivity index (χ2v) is 6.49. The fourth-order valence-electron chi connectivity index (χ4n) is 2.30. The van der Waals surface area contributed by atoms with Crippen molar-refractivity contribution in [3.63, 3.8) is 0 Å². The summed E-state index contributed by atoms with van der Waals surface area (Å²) in [4.78, 5) is 0. The van der Waals surface area contributed by atoms with Crippen LogP contribution in [0.15, 0.2) is 42.5 Å². The first-order valence-electron chi connectivity index (χ1n) is 7.30. The van der Waals surface area contributed by atoms with Gasteiger partial charge in [0.15, 0.2) is 0 Å². The molecule has 0 aliphatic rings. The highest BCUT2D eigenvalue weighted by molar-refractivity contribution is 5.98. The fraction of sp³-hybridized carbons (Fsp3) is 0.294. The zero-order valence-electron chi connectivity index (χ0n) is 13.7. The quantitative estimate of drug-likeness (QED) is 0.544. The molecular weight excluding hydrogens is 362 g/mol. The highest BCUT2D eigenvalue weighted by Gasteiger charge is 2.37. The van der Waals surface area contributed by atoms with Gasteiger partial charge in [0.25, 0.3) is 0 Å². The Kier molecular flexibility index (Phi) is 5.07. The Hall–Kier alpha value is -1.80. The maximum Gasteiger partial charge on any atom is 0.416 e. The van der Waals surface area contributed by atoms with Crippen LogP contribution in [0.25, 0.3) is 11.1 Å². The average Bonchev–Trinajstić information content (AvgIpc) is 2.53. The van der Waals surface area contributed by atoms with Crippen LogP contribution in [0.3, 0.4) is 0 Å². The molecule has 2 rings (SSSR count). The van der Waals surface area contributed by atoms with E-state index in [-0.39, 0.29) is 17.2 Å². The molecule has 0 aliphatic heterocycles. The van der Waals surface area contributed by atoms with Gasteiger partial charge in [0, 0.05) is 0 Å². The minimum atomic E-state index is -4.86. The molecule has 0 amide bonds. The van der Waals surface area contributed by atoms with Crippen LogP contribution in [-0.4, -0.2) is 10.5 Å². The molecule has 0 fully saturated rings. The summed E-state index contributed by atoms with van der Waals surface area (Å²) >= 11 is 0. The summed E-state index contributed by atoms with van der Waals surface area (Å²) in [6.07, 6.45) is -9.72. The van der Waals surface area contributed by atoms with Crippen LogP contribution in [0.1, 0.15) is 30.5 Å². The van der Waals surface area contributed by atoms with Crippen molar-refractivity contribution in [3.05, 3.63) is 59.2 Å². The zero-order chi connectivity index (χ0) is 19.0. The Labute approximate surface area is 144 Å². The van der Waals surface area contributed by atoms with Crippen LogP contribution in [0.4, 0.5) is 26.3 Å². The predicted molar refractivity (Wildman–Crippen MR) is 85.9 cm³/mol. The summed E-state index contributed by atoms with van der Waals surface area (Å²) in [6.45, 7) is 3.67. The Balaban J connectivity index is 2.55. The number of alkyl halides is 6. The highest BCUT2D eigenvalue weighted by Crippen LogP contribution is 2.39. The molecule has 0 aliphatic carbocycles. The number of benzene rings is 2. The van der Waals surface area contributed by atoms with Gasteiger partial charge in [0.05, 0.1) is 16.7 Å². The molecular formula is C17H16F6OSi. The molecule has 0 unspecified atom stereocenters. The number of hydrogen-bond donors (Lipinski definition) is 0. The minimum absolute atomic E-state index is 0.122. The van der Waals surface area contributed by atoms with E-state index in [0.29, 0.717) is 10.5 Å². The van der Waals surface area contributed by atoms with E-state index < -0.39 is 29.1 Å². The average molecular weight is 378 g/mol. The molecule has 2 aromatic rings. The van der Waals surface area contributed by atoms with Crippen LogP contribution >= 0.6 is 0 Å². The second kappa shape index (κ2) is 6.49. The molecule has 136 valence electrons. The first kappa shape index (κ1) is 19.5. The summed E-state index contributed by atoms with van der Waals surface area (Å²) in [5, 5.41) is 0. The standard InChI is InChI=1S/C17H16F6OSi/c1-15(2,24-25)12-5-3-10(4-6-12)11-7-13(16(18,19)20)9-14(8-11)17(21,22)23/h3-9H,1-2,25H3. The zero-order valence-corrected chi connectivity index (χ0v) is 15.7. The van der Waals surface area contributed by atoms with Gasteiger partial charge < -0.3 is 4.43 Å². The van der Waals surface area contributed by atoms with E-state index in [1.807, 2.05) is 13.8 Å². The summed E-state index contributed by atoms with van der Waals surface area (Å²) < 4.78 is 83.1. The maximum absolute atomic E-state index is 12.9. The first-order chi connectivity index (χ1) is 11.3. The molecule has 0 aromatic heterocycles. The van der Waals surface area contributed by atoms with Crippen molar-refractivity contribution >= 4 is 10.5 Å². The second-order valence-electron chi connectivity index (χ2n) is 6.09. The summed E-state index contributed by atoms with van der Waals surface area (Å²) in [6, 6.07) is 7.83. The molecule has 8 heteroatoms. The largest absolute Gasteiger partial charge is 0.419 e. The van der Waals surface area contributed by atoms with Gasteiger partial charge in [-0.15, -0.1) is 0 Å². The van der Waals surface area contributed by atoms with Crippen LogP contribution < -0.4 is 0 Å². The van der Waals surface area contributed by atoms with Gasteiger partial charge in [-0.05, 0) is 48.7 Å². The van der Waals surface area contributed by atoms with Gasteiger partial charge in [-0.1, -0.05) is 24.3 Å². The summed E-state index contributed by atoms with van der Waals surface area (Å²) in [5.74, 6) is 0. The Morgan fingerprint density at radius 1 is 0.680 bits per heavy atom. The van der Waals surface area contributed by atoms with Gasteiger partial charge in [-0.25, -0.2) is 0 Å². The molecule has 1 nitrogen and oxygen atoms in total. The minimum Gasteiger partial charge on any atom is -0.419 e. The Bertz CT molecular complexity index is 715. The predicted octanol–water partition coefficient (Wildman–Crippen LogP) is 4.92. The number of rotatable bonds is 3. The van der Waals surface area contributed by atoms with E-state index in [1.54, 1.807) is 12.1 Å². The van der Waals surface area contributed by atoms with Crippen molar-refractivity contribution in [2.45, 2.75) is 31.8 Å². The van der Waals surface area contributed by atoms with Crippen LogP contribution in [0.5, 0.6) is 0 Å². The van der Waals surface area contributed by atoms with Crippen molar-refractivity contribution in [2.24, 2.45) is 0 Å². The molecule has 0 radical (unpaired) electrons. The van der Waals surface area contributed by atoms with E-state index in [1.165, 1.54) is 12.1 Å².